The lowest BCUT2D eigenvalue weighted by Crippen LogP contribution is -1.96. The third-order valence-electron chi connectivity index (χ3n) is 3.41. The summed E-state index contributed by atoms with van der Waals surface area (Å²) in [5.74, 6) is 1.42. The molecule has 1 N–H and O–H groups in total. The molecule has 3 rings (SSSR count). The van der Waals surface area contributed by atoms with Crippen LogP contribution in [0.4, 0.5) is 5.13 Å². The van der Waals surface area contributed by atoms with Gasteiger partial charge in [0.1, 0.15) is 0 Å². The number of thiophene rings is 1. The van der Waals surface area contributed by atoms with Gasteiger partial charge in [-0.05, 0) is 49.1 Å². The first-order valence-electron chi connectivity index (χ1n) is 7.82. The van der Waals surface area contributed by atoms with E-state index < -0.39 is 0 Å². The standard InChI is InChI=1S/C18H19N3O2S2/c1-4-23-14-8-7-13(10-15(14)22-3)11-19-21-18-20-17(12(2)25-18)16-6-5-9-24-16/h5-11H,4H2,1-3H3,(H,20,21)/b19-11-. The maximum atomic E-state index is 5.52. The van der Waals surface area contributed by atoms with E-state index >= 15 is 0 Å². The molecule has 0 aliphatic heterocycles. The quantitative estimate of drug-likeness (QED) is 0.466. The SMILES string of the molecule is CCOc1ccc(/C=N\Nc2nc(-c3cccs3)c(C)s2)cc1OC. The van der Waals surface area contributed by atoms with Gasteiger partial charge in [-0.15, -0.1) is 22.7 Å². The number of hydrogen-bond acceptors (Lipinski definition) is 7. The Hall–Kier alpha value is -2.38. The Morgan fingerprint density at radius 3 is 2.88 bits per heavy atom. The largest absolute Gasteiger partial charge is 0.493 e. The van der Waals surface area contributed by atoms with E-state index in [1.807, 2.05) is 31.2 Å². The number of methoxy groups -OCH3 is 1. The summed E-state index contributed by atoms with van der Waals surface area (Å²) in [5.41, 5.74) is 4.93. The van der Waals surface area contributed by atoms with Crippen LogP contribution in [0.1, 0.15) is 17.4 Å². The molecule has 0 fully saturated rings. The van der Waals surface area contributed by atoms with Crippen LogP contribution in [0.3, 0.4) is 0 Å². The first kappa shape index (κ1) is 17.4. The molecule has 0 aliphatic carbocycles. The number of anilines is 1. The Morgan fingerprint density at radius 2 is 2.16 bits per heavy atom. The van der Waals surface area contributed by atoms with E-state index in [2.05, 4.69) is 33.9 Å². The van der Waals surface area contributed by atoms with Gasteiger partial charge in [0.25, 0.3) is 0 Å². The molecule has 0 aliphatic rings. The fourth-order valence-corrected chi connectivity index (χ4v) is 3.90. The number of ether oxygens (including phenoxy) is 2. The lowest BCUT2D eigenvalue weighted by atomic mass is 10.2. The predicted octanol–water partition coefficient (Wildman–Crippen LogP) is 5.03. The van der Waals surface area contributed by atoms with Crippen molar-refractivity contribution in [3.05, 3.63) is 46.2 Å². The summed E-state index contributed by atoms with van der Waals surface area (Å²) in [6.07, 6.45) is 1.74. The molecule has 7 heteroatoms. The van der Waals surface area contributed by atoms with Crippen molar-refractivity contribution in [1.29, 1.82) is 0 Å². The number of aromatic nitrogens is 1. The number of hydrogen-bond donors (Lipinski definition) is 1. The van der Waals surface area contributed by atoms with Gasteiger partial charge in [0.15, 0.2) is 11.5 Å². The van der Waals surface area contributed by atoms with Crippen LogP contribution in [0, 0.1) is 6.92 Å². The molecule has 0 saturated carbocycles. The van der Waals surface area contributed by atoms with E-state index in [1.54, 1.807) is 36.0 Å². The lowest BCUT2D eigenvalue weighted by molar-refractivity contribution is 0.311. The van der Waals surface area contributed by atoms with Gasteiger partial charge in [0.2, 0.25) is 5.13 Å². The molecule has 5 nitrogen and oxygen atoms in total. The number of benzene rings is 1. The molecule has 0 atom stereocenters. The number of aryl methyl sites for hydroxylation is 1. The van der Waals surface area contributed by atoms with Crippen molar-refractivity contribution < 1.29 is 9.47 Å². The molecule has 3 aromatic rings. The molecule has 0 bridgehead atoms. The second-order valence-corrected chi connectivity index (χ2v) is 7.27. The van der Waals surface area contributed by atoms with Gasteiger partial charge < -0.3 is 9.47 Å². The van der Waals surface area contributed by atoms with E-state index in [1.165, 1.54) is 9.75 Å². The highest BCUT2D eigenvalue weighted by Gasteiger charge is 2.10. The number of nitrogens with zero attached hydrogens (tertiary/aromatic N) is 2. The molecular weight excluding hydrogens is 354 g/mol. The van der Waals surface area contributed by atoms with Crippen LogP contribution in [0.2, 0.25) is 0 Å². The predicted molar refractivity (Wildman–Crippen MR) is 106 cm³/mol. The van der Waals surface area contributed by atoms with E-state index in [4.69, 9.17) is 9.47 Å². The zero-order chi connectivity index (χ0) is 17.6. The average Bonchev–Trinajstić information content (AvgIpc) is 3.26. The van der Waals surface area contributed by atoms with Crippen molar-refractivity contribution in [2.24, 2.45) is 5.10 Å². The summed E-state index contributed by atoms with van der Waals surface area (Å²) in [4.78, 5) is 6.95. The second kappa shape index (κ2) is 8.13. The Labute approximate surface area is 155 Å². The Morgan fingerprint density at radius 1 is 1.28 bits per heavy atom. The summed E-state index contributed by atoms with van der Waals surface area (Å²) >= 11 is 3.28. The number of thiazole rings is 1. The molecule has 0 spiro atoms. The van der Waals surface area contributed by atoms with Crippen molar-refractivity contribution in [3.63, 3.8) is 0 Å². The van der Waals surface area contributed by atoms with Crippen molar-refractivity contribution in [2.45, 2.75) is 13.8 Å². The molecule has 0 unspecified atom stereocenters. The van der Waals surface area contributed by atoms with E-state index in [0.29, 0.717) is 12.4 Å². The molecule has 0 amide bonds. The van der Waals surface area contributed by atoms with Gasteiger partial charge in [-0.2, -0.15) is 5.10 Å². The normalized spacial score (nSPS) is 11.0. The fourth-order valence-electron chi connectivity index (χ4n) is 2.29. The highest BCUT2D eigenvalue weighted by Crippen LogP contribution is 2.33. The van der Waals surface area contributed by atoms with Crippen molar-refractivity contribution in [2.75, 3.05) is 19.1 Å². The van der Waals surface area contributed by atoms with Crippen molar-refractivity contribution >= 4 is 34.0 Å². The minimum Gasteiger partial charge on any atom is -0.493 e. The van der Waals surface area contributed by atoms with Gasteiger partial charge in [-0.3, -0.25) is 5.43 Å². The lowest BCUT2D eigenvalue weighted by Gasteiger charge is -2.09. The smallest absolute Gasteiger partial charge is 0.204 e. The molecule has 1 aromatic carbocycles. The third-order valence-corrected chi connectivity index (χ3v) is 5.16. The molecular formula is C18H19N3O2S2. The van der Waals surface area contributed by atoms with Gasteiger partial charge in [0.05, 0.1) is 30.5 Å². The first-order valence-corrected chi connectivity index (χ1v) is 9.52. The summed E-state index contributed by atoms with van der Waals surface area (Å²) in [6, 6.07) is 9.81. The Kier molecular flexibility index (Phi) is 5.67. The molecule has 2 aromatic heterocycles. The van der Waals surface area contributed by atoms with Gasteiger partial charge in [-0.1, -0.05) is 6.07 Å². The van der Waals surface area contributed by atoms with Gasteiger partial charge >= 0.3 is 0 Å². The van der Waals surface area contributed by atoms with Crippen molar-refractivity contribution in [3.8, 4) is 22.1 Å². The third kappa shape index (κ3) is 4.18. The zero-order valence-corrected chi connectivity index (χ0v) is 15.9. The molecule has 0 radical (unpaired) electrons. The van der Waals surface area contributed by atoms with Crippen LogP contribution < -0.4 is 14.9 Å². The van der Waals surface area contributed by atoms with Gasteiger partial charge in [0, 0.05) is 4.88 Å². The molecule has 25 heavy (non-hydrogen) atoms. The van der Waals surface area contributed by atoms with Crippen LogP contribution in [-0.4, -0.2) is 24.9 Å². The topological polar surface area (TPSA) is 55.7 Å². The molecule has 130 valence electrons. The number of hydrazone groups is 1. The highest BCUT2D eigenvalue weighted by atomic mass is 32.1. The maximum Gasteiger partial charge on any atom is 0.204 e. The molecule has 0 saturated heterocycles. The van der Waals surface area contributed by atoms with Crippen LogP contribution in [0.5, 0.6) is 11.5 Å². The second-order valence-electron chi connectivity index (χ2n) is 5.11. The summed E-state index contributed by atoms with van der Waals surface area (Å²) < 4.78 is 10.9. The van der Waals surface area contributed by atoms with Crippen LogP contribution in [0.15, 0.2) is 40.8 Å². The Bertz CT molecular complexity index is 857. The number of nitrogens with one attached hydrogen (secondary N) is 1. The minimum absolute atomic E-state index is 0.599. The Balaban J connectivity index is 1.70. The van der Waals surface area contributed by atoms with Crippen LogP contribution >= 0.6 is 22.7 Å². The van der Waals surface area contributed by atoms with E-state index in [-0.39, 0.29) is 0 Å². The van der Waals surface area contributed by atoms with E-state index in [0.717, 1.165) is 22.1 Å². The average molecular weight is 374 g/mol. The summed E-state index contributed by atoms with van der Waals surface area (Å²) in [7, 11) is 1.63. The highest BCUT2D eigenvalue weighted by molar-refractivity contribution is 7.17. The van der Waals surface area contributed by atoms with Crippen molar-refractivity contribution in [1.82, 2.24) is 4.98 Å². The van der Waals surface area contributed by atoms with Crippen LogP contribution in [-0.2, 0) is 0 Å². The maximum absolute atomic E-state index is 5.52. The minimum atomic E-state index is 0.599. The van der Waals surface area contributed by atoms with E-state index in [9.17, 15) is 0 Å². The monoisotopic (exact) mass is 373 g/mol. The zero-order valence-electron chi connectivity index (χ0n) is 14.3. The fraction of sp³-hybridized carbons (Fsp3) is 0.222. The van der Waals surface area contributed by atoms with Crippen LogP contribution in [0.25, 0.3) is 10.6 Å². The first-order chi connectivity index (χ1) is 12.2. The summed E-state index contributed by atoms with van der Waals surface area (Å²) in [5, 5.41) is 7.11. The van der Waals surface area contributed by atoms with Gasteiger partial charge in [-0.25, -0.2) is 4.98 Å². The number of rotatable bonds is 7. The summed E-state index contributed by atoms with van der Waals surface area (Å²) in [6.45, 7) is 4.61. The molecule has 2 heterocycles.